The van der Waals surface area contributed by atoms with Gasteiger partial charge in [-0.05, 0) is 37.8 Å². The Hall–Kier alpha value is -2.21. The molecule has 6 heteroatoms. The van der Waals surface area contributed by atoms with Crippen LogP contribution in [0.4, 0.5) is 11.6 Å². The molecular weight excluding hydrogens is 290 g/mol. The fraction of sp³-hybridized carbons (Fsp3) is 0.471. The Morgan fingerprint density at radius 3 is 2.57 bits per heavy atom. The average Bonchev–Trinajstić information content (AvgIpc) is 2.54. The van der Waals surface area contributed by atoms with Crippen LogP contribution in [0.2, 0.25) is 0 Å². The van der Waals surface area contributed by atoms with Gasteiger partial charge in [0.2, 0.25) is 0 Å². The first-order chi connectivity index (χ1) is 11.2. The van der Waals surface area contributed by atoms with Crippen molar-refractivity contribution in [2.75, 3.05) is 23.7 Å². The molecule has 3 rings (SSSR count). The normalized spacial score (nSPS) is 19.9. The van der Waals surface area contributed by atoms with Gasteiger partial charge < -0.3 is 15.7 Å². The summed E-state index contributed by atoms with van der Waals surface area (Å²) in [6.45, 7) is 3.72. The highest BCUT2D eigenvalue weighted by molar-refractivity contribution is 5.37. The van der Waals surface area contributed by atoms with E-state index in [1.165, 1.54) is 0 Å². The Morgan fingerprint density at radius 2 is 1.87 bits per heavy atom. The Bertz CT molecular complexity index is 625. The van der Waals surface area contributed by atoms with Crippen molar-refractivity contribution in [3.8, 4) is 0 Å². The van der Waals surface area contributed by atoms with Crippen molar-refractivity contribution in [1.29, 1.82) is 0 Å². The molecule has 2 aromatic rings. The third-order valence-corrected chi connectivity index (χ3v) is 4.10. The molecule has 0 spiro atoms. The monoisotopic (exact) mass is 313 g/mol. The van der Waals surface area contributed by atoms with Crippen molar-refractivity contribution in [2.45, 2.75) is 38.2 Å². The van der Waals surface area contributed by atoms with Crippen LogP contribution in [0, 0.1) is 6.92 Å². The molecule has 3 N–H and O–H groups in total. The van der Waals surface area contributed by atoms with Gasteiger partial charge in [-0.25, -0.2) is 15.0 Å². The highest BCUT2D eigenvalue weighted by Gasteiger charge is 2.29. The fourth-order valence-electron chi connectivity index (χ4n) is 2.62. The van der Waals surface area contributed by atoms with E-state index in [2.05, 4.69) is 25.6 Å². The van der Waals surface area contributed by atoms with Gasteiger partial charge in [0.1, 0.15) is 18.0 Å². The molecule has 122 valence electrons. The maximum Gasteiger partial charge on any atom is 0.129 e. The highest BCUT2D eigenvalue weighted by Crippen LogP contribution is 2.35. The maximum absolute atomic E-state index is 9.39. The van der Waals surface area contributed by atoms with E-state index in [-0.39, 0.29) is 6.10 Å². The van der Waals surface area contributed by atoms with E-state index in [1.54, 1.807) is 6.33 Å². The van der Waals surface area contributed by atoms with Gasteiger partial charge in [0, 0.05) is 37.0 Å². The Kier molecular flexibility index (Phi) is 5.02. The lowest BCUT2D eigenvalue weighted by Gasteiger charge is -2.30. The van der Waals surface area contributed by atoms with Gasteiger partial charge in [0.05, 0.1) is 6.10 Å². The summed E-state index contributed by atoms with van der Waals surface area (Å²) < 4.78 is 0. The smallest absolute Gasteiger partial charge is 0.129 e. The summed E-state index contributed by atoms with van der Waals surface area (Å²) >= 11 is 0. The van der Waals surface area contributed by atoms with Gasteiger partial charge in [-0.3, -0.25) is 0 Å². The van der Waals surface area contributed by atoms with Gasteiger partial charge in [0.15, 0.2) is 0 Å². The predicted octanol–water partition coefficient (Wildman–Crippen LogP) is 2.33. The summed E-state index contributed by atoms with van der Waals surface area (Å²) in [5, 5.41) is 16.0. The van der Waals surface area contributed by atoms with Crippen LogP contribution in [0.3, 0.4) is 0 Å². The van der Waals surface area contributed by atoms with E-state index in [1.807, 2.05) is 31.3 Å². The minimum absolute atomic E-state index is 0.159. The molecule has 2 aromatic heterocycles. The number of anilines is 2. The van der Waals surface area contributed by atoms with Crippen LogP contribution in [-0.4, -0.2) is 39.3 Å². The third-order valence-electron chi connectivity index (χ3n) is 4.10. The van der Waals surface area contributed by atoms with Gasteiger partial charge in [0.25, 0.3) is 0 Å². The predicted molar refractivity (Wildman–Crippen MR) is 90.6 cm³/mol. The molecule has 0 bridgehead atoms. The quantitative estimate of drug-likeness (QED) is 0.681. The Labute approximate surface area is 136 Å². The van der Waals surface area contributed by atoms with Crippen molar-refractivity contribution >= 4 is 11.6 Å². The number of aryl methyl sites for hydroxylation is 1. The number of hydrogen-bond acceptors (Lipinski definition) is 6. The van der Waals surface area contributed by atoms with Crippen molar-refractivity contribution in [2.24, 2.45) is 0 Å². The molecule has 6 nitrogen and oxygen atoms in total. The summed E-state index contributed by atoms with van der Waals surface area (Å²) in [4.78, 5) is 12.9. The number of aromatic nitrogens is 3. The van der Waals surface area contributed by atoms with Gasteiger partial charge in [-0.2, -0.15) is 0 Å². The molecule has 0 saturated heterocycles. The second-order valence-electron chi connectivity index (χ2n) is 6.08. The van der Waals surface area contributed by atoms with E-state index in [0.717, 1.165) is 55.2 Å². The van der Waals surface area contributed by atoms with Gasteiger partial charge in [-0.1, -0.05) is 6.07 Å². The van der Waals surface area contributed by atoms with E-state index in [4.69, 9.17) is 0 Å². The lowest BCUT2D eigenvalue weighted by atomic mass is 9.80. The number of hydrogen-bond donors (Lipinski definition) is 3. The molecular formula is C17H23N5O. The van der Waals surface area contributed by atoms with E-state index < -0.39 is 0 Å². The highest BCUT2D eigenvalue weighted by atomic mass is 16.3. The molecule has 1 aliphatic carbocycles. The van der Waals surface area contributed by atoms with Crippen molar-refractivity contribution in [3.05, 3.63) is 42.0 Å². The molecule has 0 atom stereocenters. The fourth-order valence-corrected chi connectivity index (χ4v) is 2.62. The first-order valence-electron chi connectivity index (χ1n) is 8.11. The summed E-state index contributed by atoms with van der Waals surface area (Å²) in [6, 6.07) is 6.03. The molecule has 0 radical (unpaired) electrons. The van der Waals surface area contributed by atoms with Gasteiger partial charge in [-0.15, -0.1) is 0 Å². The van der Waals surface area contributed by atoms with E-state index >= 15 is 0 Å². The van der Waals surface area contributed by atoms with Crippen LogP contribution in [0.5, 0.6) is 0 Å². The Morgan fingerprint density at radius 1 is 1.09 bits per heavy atom. The molecule has 23 heavy (non-hydrogen) atoms. The SMILES string of the molecule is Cc1ccc(NCCCNc2cc(C3CC(O)C3)ncn2)nc1. The van der Waals surface area contributed by atoms with Crippen LogP contribution in [0.25, 0.3) is 0 Å². The van der Waals surface area contributed by atoms with Crippen molar-refractivity contribution in [1.82, 2.24) is 15.0 Å². The number of nitrogens with zero attached hydrogens (tertiary/aromatic N) is 3. The van der Waals surface area contributed by atoms with Crippen molar-refractivity contribution < 1.29 is 5.11 Å². The average molecular weight is 313 g/mol. The Balaban J connectivity index is 1.39. The minimum atomic E-state index is -0.159. The summed E-state index contributed by atoms with van der Waals surface area (Å²) in [7, 11) is 0. The largest absolute Gasteiger partial charge is 0.393 e. The molecule has 1 fully saturated rings. The zero-order valence-electron chi connectivity index (χ0n) is 13.4. The molecule has 1 saturated carbocycles. The summed E-state index contributed by atoms with van der Waals surface area (Å²) in [5.41, 5.74) is 2.19. The molecule has 1 aliphatic rings. The number of rotatable bonds is 7. The first kappa shape index (κ1) is 15.7. The van der Waals surface area contributed by atoms with Gasteiger partial charge >= 0.3 is 0 Å². The standard InChI is InChI=1S/C17H23N5O/c1-12-3-4-16(20-10-12)18-5-2-6-19-17-9-15(21-11-22-17)13-7-14(23)8-13/h3-4,9-11,13-14,23H,2,5-8H2,1H3,(H,18,20)(H,19,21,22). The number of pyridine rings is 1. The maximum atomic E-state index is 9.39. The number of aliphatic hydroxyl groups is 1. The summed E-state index contributed by atoms with van der Waals surface area (Å²) in [5.74, 6) is 2.14. The van der Waals surface area contributed by atoms with E-state index in [0.29, 0.717) is 5.92 Å². The molecule has 0 aliphatic heterocycles. The van der Waals surface area contributed by atoms with Crippen LogP contribution in [0.1, 0.15) is 36.4 Å². The van der Waals surface area contributed by atoms with Crippen LogP contribution in [-0.2, 0) is 0 Å². The minimum Gasteiger partial charge on any atom is -0.393 e. The number of aliphatic hydroxyl groups excluding tert-OH is 1. The van der Waals surface area contributed by atoms with Crippen LogP contribution >= 0.6 is 0 Å². The zero-order valence-corrected chi connectivity index (χ0v) is 13.4. The third kappa shape index (κ3) is 4.39. The topological polar surface area (TPSA) is 83.0 Å². The first-order valence-corrected chi connectivity index (χ1v) is 8.11. The van der Waals surface area contributed by atoms with Crippen LogP contribution < -0.4 is 10.6 Å². The van der Waals surface area contributed by atoms with Crippen LogP contribution in [0.15, 0.2) is 30.7 Å². The molecule has 0 amide bonds. The second-order valence-corrected chi connectivity index (χ2v) is 6.08. The summed E-state index contributed by atoms with van der Waals surface area (Å²) in [6.07, 6.45) is 5.88. The lowest BCUT2D eigenvalue weighted by Crippen LogP contribution is -2.27. The van der Waals surface area contributed by atoms with E-state index in [9.17, 15) is 5.11 Å². The molecule has 0 aromatic carbocycles. The number of nitrogens with one attached hydrogen (secondary N) is 2. The lowest BCUT2D eigenvalue weighted by molar-refractivity contribution is 0.0732. The second kappa shape index (κ2) is 7.37. The molecule has 2 heterocycles. The zero-order chi connectivity index (χ0) is 16.1. The van der Waals surface area contributed by atoms with Crippen molar-refractivity contribution in [3.63, 3.8) is 0 Å². The molecule has 0 unspecified atom stereocenters.